The van der Waals surface area contributed by atoms with Crippen molar-refractivity contribution in [2.24, 2.45) is 11.5 Å². The smallest absolute Gasteiger partial charge is 0.276 e. The fourth-order valence-corrected chi connectivity index (χ4v) is 6.16. The third-order valence-electron chi connectivity index (χ3n) is 8.60. The molecule has 2 aromatic carbocycles. The maximum absolute atomic E-state index is 13.5. The number of imidazole rings is 2. The van der Waals surface area contributed by atoms with Crippen molar-refractivity contribution in [1.82, 2.24) is 38.7 Å². The third kappa shape index (κ3) is 7.11. The molecule has 0 aliphatic heterocycles. The predicted octanol–water partition coefficient (Wildman–Crippen LogP) is 2.98. The molecule has 17 nitrogen and oxygen atoms in total. The van der Waals surface area contributed by atoms with Crippen molar-refractivity contribution in [3.8, 4) is 0 Å². The van der Waals surface area contributed by atoms with Crippen LogP contribution in [0.5, 0.6) is 0 Å². The van der Waals surface area contributed by atoms with Crippen molar-refractivity contribution in [2.75, 3.05) is 10.6 Å². The van der Waals surface area contributed by atoms with Gasteiger partial charge >= 0.3 is 0 Å². The highest BCUT2D eigenvalue weighted by Gasteiger charge is 2.23. The number of rotatable bonds is 14. The van der Waals surface area contributed by atoms with Gasteiger partial charge in [-0.15, -0.1) is 0 Å². The monoisotopic (exact) mass is 708 g/mol. The second-order valence-corrected chi connectivity index (χ2v) is 12.5. The van der Waals surface area contributed by atoms with Gasteiger partial charge in [-0.1, -0.05) is 6.92 Å². The number of fused-ring (bicyclic) bond motifs is 2. The molecule has 0 bridgehead atoms. The summed E-state index contributed by atoms with van der Waals surface area (Å²) in [5, 5.41) is 26.0. The van der Waals surface area contributed by atoms with Gasteiger partial charge in [-0.3, -0.25) is 39.2 Å². The molecule has 4 aromatic heterocycles. The van der Waals surface area contributed by atoms with E-state index in [-0.39, 0.29) is 42.5 Å². The van der Waals surface area contributed by atoms with Crippen molar-refractivity contribution in [1.29, 1.82) is 0 Å². The summed E-state index contributed by atoms with van der Waals surface area (Å²) in [4.78, 5) is 60.0. The Balaban J connectivity index is 1.30. The highest BCUT2D eigenvalue weighted by atomic mass is 16.3. The van der Waals surface area contributed by atoms with Crippen molar-refractivity contribution < 1.29 is 24.3 Å². The van der Waals surface area contributed by atoms with Gasteiger partial charge in [-0.25, -0.2) is 9.97 Å². The Morgan fingerprint density at radius 2 is 1.23 bits per heavy atom. The molecule has 17 heteroatoms. The summed E-state index contributed by atoms with van der Waals surface area (Å²) in [6.07, 6.45) is -0.0474. The number of carbonyl (C=O) groups excluding carboxylic acids is 4. The SMILES string of the molecule is CCCn1nc(C)cc1C(=O)Nc1nc2cc(C(N)=O)ccc2n1CC(O)CCn1c(NC(=O)c2cc(C)nn2CC)nc2cc(C(N)=O)ccc21. The lowest BCUT2D eigenvalue weighted by molar-refractivity contribution is 0.0992. The number of amides is 4. The molecular formula is C35H40N12O5. The van der Waals surface area contributed by atoms with Crippen LogP contribution in [0.3, 0.4) is 0 Å². The van der Waals surface area contributed by atoms with E-state index in [9.17, 15) is 24.3 Å². The minimum atomic E-state index is -0.994. The maximum atomic E-state index is 13.5. The molecule has 0 aliphatic carbocycles. The summed E-state index contributed by atoms with van der Waals surface area (Å²) < 4.78 is 6.63. The summed E-state index contributed by atoms with van der Waals surface area (Å²) in [5.41, 5.74) is 15.6. The van der Waals surface area contributed by atoms with E-state index in [1.807, 2.05) is 13.8 Å². The second kappa shape index (κ2) is 14.5. The standard InChI is InChI=1S/C35H40N12O5/c1-5-12-47-29(15-20(4)43-47)33(52)41-35-39-25-17-22(31(37)50)8-10-27(25)45(35)18-23(48)11-13-44-26-9-7-21(30(36)49)16-24(26)38-34(44)40-32(51)28-14-19(3)42-46(28)6-2/h7-10,14-17,23,48H,5-6,11-13,18H2,1-4H3,(H2,36,49)(H2,37,50)(H,38,40,51)(H,39,41,52). The number of benzene rings is 2. The molecule has 6 rings (SSSR count). The molecule has 0 saturated carbocycles. The Hall–Kier alpha value is -6.36. The molecule has 1 unspecified atom stereocenters. The second-order valence-electron chi connectivity index (χ2n) is 12.5. The van der Waals surface area contributed by atoms with Crippen molar-refractivity contribution in [3.05, 3.63) is 82.4 Å². The van der Waals surface area contributed by atoms with Gasteiger partial charge in [0.15, 0.2) is 0 Å². The number of nitrogens with two attached hydrogens (primary N) is 2. The Bertz CT molecular complexity index is 2350. The fourth-order valence-electron chi connectivity index (χ4n) is 6.16. The zero-order valence-electron chi connectivity index (χ0n) is 29.3. The number of nitrogens with one attached hydrogen (secondary N) is 2. The number of primary amides is 2. The molecule has 0 saturated heterocycles. The number of hydrogen-bond acceptors (Lipinski definition) is 9. The molecule has 1 atom stereocenters. The molecule has 4 heterocycles. The number of aryl methyl sites for hydroxylation is 5. The average molecular weight is 709 g/mol. The Morgan fingerprint density at radius 3 is 1.75 bits per heavy atom. The minimum Gasteiger partial charge on any atom is -0.391 e. The molecule has 4 amide bonds. The van der Waals surface area contributed by atoms with Crippen molar-refractivity contribution in [3.63, 3.8) is 0 Å². The number of hydrogen-bond donors (Lipinski definition) is 5. The van der Waals surface area contributed by atoms with Crippen molar-refractivity contribution >= 4 is 57.6 Å². The van der Waals surface area contributed by atoms with Crippen LogP contribution in [-0.2, 0) is 26.2 Å². The van der Waals surface area contributed by atoms with Crippen LogP contribution >= 0.6 is 0 Å². The predicted molar refractivity (Wildman–Crippen MR) is 193 cm³/mol. The number of anilines is 2. The number of aliphatic hydroxyl groups is 1. The summed E-state index contributed by atoms with van der Waals surface area (Å²) in [6, 6.07) is 12.9. The molecule has 270 valence electrons. The number of aliphatic hydroxyl groups excluding tert-OH is 1. The summed E-state index contributed by atoms with van der Waals surface area (Å²) >= 11 is 0. The van der Waals surface area contributed by atoms with Crippen LogP contribution in [0.1, 0.15) is 79.8 Å². The van der Waals surface area contributed by atoms with E-state index in [1.54, 1.807) is 74.8 Å². The van der Waals surface area contributed by atoms with Crippen LogP contribution in [0.25, 0.3) is 22.1 Å². The van der Waals surface area contributed by atoms with E-state index in [0.29, 0.717) is 57.9 Å². The van der Waals surface area contributed by atoms with Gasteiger partial charge in [-0.2, -0.15) is 10.2 Å². The topological polar surface area (TPSA) is 236 Å². The third-order valence-corrected chi connectivity index (χ3v) is 8.60. The fraction of sp³-hybridized carbons (Fsp3) is 0.314. The maximum Gasteiger partial charge on any atom is 0.276 e. The quantitative estimate of drug-likeness (QED) is 0.112. The zero-order valence-corrected chi connectivity index (χ0v) is 29.3. The van der Waals surface area contributed by atoms with Crippen LogP contribution in [0.15, 0.2) is 48.5 Å². The lowest BCUT2D eigenvalue weighted by atomic mass is 10.2. The van der Waals surface area contributed by atoms with Crippen LogP contribution in [0, 0.1) is 13.8 Å². The van der Waals surface area contributed by atoms with E-state index >= 15 is 0 Å². The Morgan fingerprint density at radius 1 is 0.731 bits per heavy atom. The number of nitrogens with zero attached hydrogens (tertiary/aromatic N) is 8. The van der Waals surface area contributed by atoms with Gasteiger partial charge in [0, 0.05) is 30.8 Å². The highest BCUT2D eigenvalue weighted by Crippen LogP contribution is 2.26. The van der Waals surface area contributed by atoms with Gasteiger partial charge in [0.1, 0.15) is 11.4 Å². The van der Waals surface area contributed by atoms with Gasteiger partial charge in [0.25, 0.3) is 11.8 Å². The van der Waals surface area contributed by atoms with E-state index in [4.69, 9.17) is 11.5 Å². The zero-order chi connectivity index (χ0) is 37.3. The van der Waals surface area contributed by atoms with Crippen LogP contribution in [0.2, 0.25) is 0 Å². The van der Waals surface area contributed by atoms with Gasteiger partial charge in [-0.05, 0) is 82.1 Å². The molecule has 0 aliphatic rings. The molecule has 52 heavy (non-hydrogen) atoms. The lowest BCUT2D eigenvalue weighted by Crippen LogP contribution is -2.24. The lowest BCUT2D eigenvalue weighted by Gasteiger charge is -2.17. The summed E-state index contributed by atoms with van der Waals surface area (Å²) in [5.74, 6) is -1.75. The van der Waals surface area contributed by atoms with E-state index in [0.717, 1.165) is 6.42 Å². The largest absolute Gasteiger partial charge is 0.391 e. The Kier molecular flexibility index (Phi) is 9.87. The van der Waals surface area contributed by atoms with E-state index < -0.39 is 29.7 Å². The first kappa shape index (κ1) is 35.5. The van der Waals surface area contributed by atoms with Crippen LogP contribution in [0.4, 0.5) is 11.9 Å². The van der Waals surface area contributed by atoms with Gasteiger partial charge in [0.05, 0.1) is 46.1 Å². The van der Waals surface area contributed by atoms with Gasteiger partial charge < -0.3 is 25.7 Å². The molecule has 0 radical (unpaired) electrons. The molecule has 6 aromatic rings. The summed E-state index contributed by atoms with van der Waals surface area (Å²) in [7, 11) is 0. The average Bonchev–Trinajstić information content (AvgIpc) is 3.86. The van der Waals surface area contributed by atoms with Crippen LogP contribution < -0.4 is 22.1 Å². The Labute approximate surface area is 297 Å². The first-order valence-electron chi connectivity index (χ1n) is 16.9. The van der Waals surface area contributed by atoms with Crippen molar-refractivity contribution in [2.45, 2.75) is 72.8 Å². The first-order chi connectivity index (χ1) is 24.9. The first-order valence-corrected chi connectivity index (χ1v) is 16.9. The van der Waals surface area contributed by atoms with E-state index in [2.05, 4.69) is 30.8 Å². The number of aromatic nitrogens is 8. The van der Waals surface area contributed by atoms with Gasteiger partial charge in [0.2, 0.25) is 23.7 Å². The van der Waals surface area contributed by atoms with Crippen LogP contribution in [-0.4, -0.2) is 73.5 Å². The highest BCUT2D eigenvalue weighted by molar-refractivity contribution is 6.04. The number of carbonyl (C=O) groups is 4. The molecule has 0 spiro atoms. The molecule has 7 N–H and O–H groups in total. The van der Waals surface area contributed by atoms with E-state index in [1.165, 1.54) is 6.07 Å². The molecule has 0 fully saturated rings. The normalized spacial score (nSPS) is 12.0. The summed E-state index contributed by atoms with van der Waals surface area (Å²) in [6.45, 7) is 8.70. The minimum absolute atomic E-state index is 0.00435. The molecular weight excluding hydrogens is 668 g/mol.